The SMILES string of the molecule is Clc1sccc1C1CCNCC1. The lowest BCUT2D eigenvalue weighted by Crippen LogP contribution is -2.26. The Morgan fingerprint density at radius 3 is 2.75 bits per heavy atom. The van der Waals surface area contributed by atoms with Crippen molar-refractivity contribution in [3.8, 4) is 0 Å². The van der Waals surface area contributed by atoms with Crippen molar-refractivity contribution in [1.29, 1.82) is 0 Å². The maximum atomic E-state index is 6.07. The Morgan fingerprint density at radius 1 is 1.42 bits per heavy atom. The molecule has 1 nitrogen and oxygen atoms in total. The lowest BCUT2D eigenvalue weighted by Gasteiger charge is -2.22. The van der Waals surface area contributed by atoms with Crippen molar-refractivity contribution in [2.75, 3.05) is 13.1 Å². The third-order valence-electron chi connectivity index (χ3n) is 2.43. The van der Waals surface area contributed by atoms with E-state index < -0.39 is 0 Å². The van der Waals surface area contributed by atoms with Gasteiger partial charge in [0.25, 0.3) is 0 Å². The molecule has 0 amide bonds. The molecule has 66 valence electrons. The summed E-state index contributed by atoms with van der Waals surface area (Å²) in [5, 5.41) is 5.44. The zero-order valence-electron chi connectivity index (χ0n) is 6.85. The van der Waals surface area contributed by atoms with E-state index in [4.69, 9.17) is 11.6 Å². The summed E-state index contributed by atoms with van der Waals surface area (Å²) in [4.78, 5) is 0. The second kappa shape index (κ2) is 3.77. The van der Waals surface area contributed by atoms with Gasteiger partial charge < -0.3 is 5.32 Å². The van der Waals surface area contributed by atoms with Crippen molar-refractivity contribution < 1.29 is 0 Å². The molecular formula is C9H12ClNS. The fourth-order valence-corrected chi connectivity index (χ4v) is 2.81. The van der Waals surface area contributed by atoms with Gasteiger partial charge in [-0.1, -0.05) is 11.6 Å². The third-order valence-corrected chi connectivity index (χ3v) is 3.63. The van der Waals surface area contributed by atoms with E-state index in [1.54, 1.807) is 11.3 Å². The van der Waals surface area contributed by atoms with Gasteiger partial charge in [0, 0.05) is 0 Å². The number of thiophene rings is 1. The molecule has 1 N–H and O–H groups in total. The number of halogens is 1. The van der Waals surface area contributed by atoms with E-state index in [0.29, 0.717) is 5.92 Å². The lowest BCUT2D eigenvalue weighted by molar-refractivity contribution is 0.461. The zero-order valence-corrected chi connectivity index (χ0v) is 8.42. The van der Waals surface area contributed by atoms with Crippen LogP contribution in [0.2, 0.25) is 4.34 Å². The van der Waals surface area contributed by atoms with E-state index in [1.807, 2.05) is 0 Å². The summed E-state index contributed by atoms with van der Waals surface area (Å²) in [7, 11) is 0. The molecule has 0 saturated carbocycles. The maximum absolute atomic E-state index is 6.07. The van der Waals surface area contributed by atoms with E-state index >= 15 is 0 Å². The van der Waals surface area contributed by atoms with E-state index in [-0.39, 0.29) is 0 Å². The minimum Gasteiger partial charge on any atom is -0.317 e. The van der Waals surface area contributed by atoms with Crippen LogP contribution in [0.5, 0.6) is 0 Å². The molecule has 2 heterocycles. The molecule has 0 radical (unpaired) electrons. The summed E-state index contributed by atoms with van der Waals surface area (Å²) in [5.74, 6) is 0.699. The molecule has 1 fully saturated rings. The van der Waals surface area contributed by atoms with Gasteiger partial charge in [-0.3, -0.25) is 0 Å². The molecule has 12 heavy (non-hydrogen) atoms. The highest BCUT2D eigenvalue weighted by Crippen LogP contribution is 2.34. The van der Waals surface area contributed by atoms with E-state index in [1.165, 1.54) is 18.4 Å². The van der Waals surface area contributed by atoms with Crippen LogP contribution in [0.1, 0.15) is 24.3 Å². The van der Waals surface area contributed by atoms with Gasteiger partial charge >= 0.3 is 0 Å². The van der Waals surface area contributed by atoms with Crippen LogP contribution in [0.4, 0.5) is 0 Å². The van der Waals surface area contributed by atoms with E-state index in [2.05, 4.69) is 16.8 Å². The van der Waals surface area contributed by atoms with Crippen molar-refractivity contribution in [2.24, 2.45) is 0 Å². The quantitative estimate of drug-likeness (QED) is 0.737. The summed E-state index contributed by atoms with van der Waals surface area (Å²) in [6.45, 7) is 2.27. The largest absolute Gasteiger partial charge is 0.317 e. The smallest absolute Gasteiger partial charge is 0.0963 e. The Bertz CT molecular complexity index is 253. The molecule has 0 unspecified atom stereocenters. The molecular weight excluding hydrogens is 190 g/mol. The first kappa shape index (κ1) is 8.54. The Kier molecular flexibility index (Phi) is 2.69. The number of rotatable bonds is 1. The summed E-state index contributed by atoms with van der Waals surface area (Å²) >= 11 is 7.71. The van der Waals surface area contributed by atoms with Crippen LogP contribution in [0, 0.1) is 0 Å². The summed E-state index contributed by atoms with van der Waals surface area (Å²) < 4.78 is 0.988. The molecule has 1 aromatic rings. The third kappa shape index (κ3) is 1.65. The summed E-state index contributed by atoms with van der Waals surface area (Å²) in [6, 6.07) is 2.17. The van der Waals surface area contributed by atoms with Crippen LogP contribution < -0.4 is 5.32 Å². The fourth-order valence-electron chi connectivity index (χ4n) is 1.73. The molecule has 1 aromatic heterocycles. The molecule has 1 aliphatic rings. The number of hydrogen-bond acceptors (Lipinski definition) is 2. The number of nitrogens with one attached hydrogen (secondary N) is 1. The van der Waals surface area contributed by atoms with Crippen molar-refractivity contribution in [3.05, 3.63) is 21.3 Å². The second-order valence-corrected chi connectivity index (χ2v) is 4.69. The highest BCUT2D eigenvalue weighted by atomic mass is 35.5. The van der Waals surface area contributed by atoms with Crippen molar-refractivity contribution in [1.82, 2.24) is 5.32 Å². The molecule has 0 aliphatic carbocycles. The minimum absolute atomic E-state index is 0.699. The van der Waals surface area contributed by atoms with Crippen LogP contribution in [-0.4, -0.2) is 13.1 Å². The monoisotopic (exact) mass is 201 g/mol. The van der Waals surface area contributed by atoms with Crippen molar-refractivity contribution in [2.45, 2.75) is 18.8 Å². The van der Waals surface area contributed by atoms with Crippen molar-refractivity contribution in [3.63, 3.8) is 0 Å². The molecule has 0 bridgehead atoms. The molecule has 1 saturated heterocycles. The molecule has 1 aliphatic heterocycles. The Balaban J connectivity index is 2.13. The Morgan fingerprint density at radius 2 is 2.17 bits per heavy atom. The first-order valence-corrected chi connectivity index (χ1v) is 5.57. The van der Waals surface area contributed by atoms with Crippen LogP contribution in [0.3, 0.4) is 0 Å². The highest BCUT2D eigenvalue weighted by Gasteiger charge is 2.17. The zero-order chi connectivity index (χ0) is 8.39. The predicted octanol–water partition coefficient (Wildman–Crippen LogP) is 2.87. The van der Waals surface area contributed by atoms with Gasteiger partial charge in [0.05, 0.1) is 4.34 Å². The highest BCUT2D eigenvalue weighted by molar-refractivity contribution is 7.14. The van der Waals surface area contributed by atoms with Gasteiger partial charge in [-0.25, -0.2) is 0 Å². The summed E-state index contributed by atoms with van der Waals surface area (Å²) in [5.41, 5.74) is 1.36. The van der Waals surface area contributed by atoms with Gasteiger partial charge in [0.15, 0.2) is 0 Å². The van der Waals surface area contributed by atoms with Crippen LogP contribution >= 0.6 is 22.9 Å². The standard InChI is InChI=1S/C9H12ClNS/c10-9-8(3-6-12-9)7-1-4-11-5-2-7/h3,6-7,11H,1-2,4-5H2. The molecule has 0 atom stereocenters. The fraction of sp³-hybridized carbons (Fsp3) is 0.556. The molecule has 0 aromatic carbocycles. The van der Waals surface area contributed by atoms with Crippen LogP contribution in [0.25, 0.3) is 0 Å². The van der Waals surface area contributed by atoms with E-state index in [0.717, 1.165) is 17.4 Å². The average Bonchev–Trinajstić information content (AvgIpc) is 2.53. The predicted molar refractivity (Wildman–Crippen MR) is 54.2 cm³/mol. The van der Waals surface area contributed by atoms with Crippen molar-refractivity contribution >= 4 is 22.9 Å². The normalized spacial score (nSPS) is 19.8. The van der Waals surface area contributed by atoms with Gasteiger partial charge in [0.1, 0.15) is 0 Å². The topological polar surface area (TPSA) is 12.0 Å². The maximum Gasteiger partial charge on any atom is 0.0963 e. The minimum atomic E-state index is 0.699. The van der Waals surface area contributed by atoms with Gasteiger partial charge in [-0.2, -0.15) is 0 Å². The molecule has 3 heteroatoms. The number of hydrogen-bond donors (Lipinski definition) is 1. The Hall–Kier alpha value is -0.0500. The van der Waals surface area contributed by atoms with Crippen LogP contribution in [-0.2, 0) is 0 Å². The lowest BCUT2D eigenvalue weighted by atomic mass is 9.92. The number of piperidine rings is 1. The first-order chi connectivity index (χ1) is 5.88. The van der Waals surface area contributed by atoms with Crippen LogP contribution in [0.15, 0.2) is 11.4 Å². The van der Waals surface area contributed by atoms with Gasteiger partial charge in [-0.15, -0.1) is 11.3 Å². The average molecular weight is 202 g/mol. The second-order valence-electron chi connectivity index (χ2n) is 3.17. The summed E-state index contributed by atoms with van der Waals surface area (Å²) in [6.07, 6.45) is 2.47. The van der Waals surface area contributed by atoms with E-state index in [9.17, 15) is 0 Å². The van der Waals surface area contributed by atoms with Gasteiger partial charge in [0.2, 0.25) is 0 Å². The first-order valence-electron chi connectivity index (χ1n) is 4.31. The Labute approximate surface area is 81.7 Å². The van der Waals surface area contributed by atoms with Gasteiger partial charge in [-0.05, 0) is 48.9 Å². The molecule has 0 spiro atoms. The molecule has 2 rings (SSSR count).